The normalized spacial score (nSPS) is 13.0. The summed E-state index contributed by atoms with van der Waals surface area (Å²) in [6, 6.07) is 6.95. The molecule has 0 spiro atoms. The molecule has 2 aromatic rings. The average molecular weight is 360 g/mol. The van der Waals surface area contributed by atoms with Crippen molar-refractivity contribution in [3.05, 3.63) is 36.0 Å². The summed E-state index contributed by atoms with van der Waals surface area (Å²) >= 11 is 0. The van der Waals surface area contributed by atoms with Crippen molar-refractivity contribution in [1.82, 2.24) is 21.1 Å². The van der Waals surface area contributed by atoms with E-state index < -0.39 is 23.8 Å². The van der Waals surface area contributed by atoms with E-state index >= 15 is 0 Å². The highest BCUT2D eigenvalue weighted by molar-refractivity contribution is 5.91. The molecule has 0 aliphatic rings. The van der Waals surface area contributed by atoms with Gasteiger partial charge in [-0.1, -0.05) is 25.1 Å². The van der Waals surface area contributed by atoms with Crippen LogP contribution in [0.4, 0.5) is 0 Å². The molecule has 5 N–H and O–H groups in total. The molecule has 3 amide bonds. The average Bonchev–Trinajstić information content (AvgIpc) is 3.07. The van der Waals surface area contributed by atoms with Gasteiger partial charge in [-0.15, -0.1) is 0 Å². The van der Waals surface area contributed by atoms with Crippen molar-refractivity contribution in [3.8, 4) is 0 Å². The van der Waals surface area contributed by atoms with Gasteiger partial charge >= 0.3 is 0 Å². The van der Waals surface area contributed by atoms with Crippen LogP contribution in [0.5, 0.6) is 0 Å². The minimum Gasteiger partial charge on any atom is -0.361 e. The van der Waals surface area contributed by atoms with E-state index in [0.717, 1.165) is 16.5 Å². The highest BCUT2D eigenvalue weighted by atomic mass is 16.5. The molecule has 2 atom stereocenters. The first kappa shape index (κ1) is 19.5. The Morgan fingerprint density at radius 3 is 2.58 bits per heavy atom. The molecule has 1 aromatic carbocycles. The van der Waals surface area contributed by atoms with Crippen LogP contribution < -0.4 is 16.1 Å². The van der Waals surface area contributed by atoms with Crippen LogP contribution in [-0.2, 0) is 20.8 Å². The minimum absolute atomic E-state index is 0.146. The van der Waals surface area contributed by atoms with Crippen molar-refractivity contribution in [2.75, 3.05) is 7.05 Å². The van der Waals surface area contributed by atoms with E-state index in [9.17, 15) is 14.4 Å². The SMILES string of the molecule is CC[C@H](CC(=O)NO)C(=O)N[C@@H](Cc1c[nH]c2ccccc12)C(=O)NC. The van der Waals surface area contributed by atoms with Gasteiger partial charge in [0.25, 0.3) is 0 Å². The third kappa shape index (κ3) is 4.60. The molecule has 26 heavy (non-hydrogen) atoms. The van der Waals surface area contributed by atoms with E-state index in [1.54, 1.807) is 6.92 Å². The number of benzene rings is 1. The summed E-state index contributed by atoms with van der Waals surface area (Å²) < 4.78 is 0. The summed E-state index contributed by atoms with van der Waals surface area (Å²) in [6.07, 6.45) is 2.40. The van der Waals surface area contributed by atoms with Gasteiger partial charge in [0.2, 0.25) is 17.7 Å². The lowest BCUT2D eigenvalue weighted by atomic mass is 9.99. The maximum absolute atomic E-state index is 12.5. The van der Waals surface area contributed by atoms with Gasteiger partial charge in [-0.2, -0.15) is 0 Å². The van der Waals surface area contributed by atoms with Crippen LogP contribution >= 0.6 is 0 Å². The van der Waals surface area contributed by atoms with Gasteiger partial charge in [-0.3, -0.25) is 19.6 Å². The number of nitrogens with one attached hydrogen (secondary N) is 4. The number of amides is 3. The lowest BCUT2D eigenvalue weighted by Gasteiger charge is -2.20. The smallest absolute Gasteiger partial charge is 0.244 e. The number of aromatic nitrogens is 1. The highest BCUT2D eigenvalue weighted by Crippen LogP contribution is 2.19. The second kappa shape index (κ2) is 9.00. The predicted octanol–water partition coefficient (Wildman–Crippen LogP) is 0.863. The topological polar surface area (TPSA) is 123 Å². The van der Waals surface area contributed by atoms with Crippen molar-refractivity contribution in [2.24, 2.45) is 5.92 Å². The molecule has 8 nitrogen and oxygen atoms in total. The van der Waals surface area contributed by atoms with E-state index in [0.29, 0.717) is 12.8 Å². The Kier molecular flexibility index (Phi) is 6.74. The van der Waals surface area contributed by atoms with Crippen LogP contribution in [0, 0.1) is 5.92 Å². The number of hydrogen-bond donors (Lipinski definition) is 5. The van der Waals surface area contributed by atoms with Gasteiger partial charge in [0, 0.05) is 42.9 Å². The largest absolute Gasteiger partial charge is 0.361 e. The number of fused-ring (bicyclic) bond motifs is 1. The van der Waals surface area contributed by atoms with Gasteiger partial charge in [-0.05, 0) is 18.1 Å². The van der Waals surface area contributed by atoms with E-state index in [2.05, 4.69) is 15.6 Å². The first-order chi connectivity index (χ1) is 12.5. The third-order valence-electron chi connectivity index (χ3n) is 4.40. The van der Waals surface area contributed by atoms with Crippen molar-refractivity contribution in [2.45, 2.75) is 32.2 Å². The monoisotopic (exact) mass is 360 g/mol. The molecule has 0 fully saturated rings. The summed E-state index contributed by atoms with van der Waals surface area (Å²) in [5.74, 6) is -1.98. The van der Waals surface area contributed by atoms with Gasteiger partial charge in [0.1, 0.15) is 6.04 Å². The molecule has 0 bridgehead atoms. The van der Waals surface area contributed by atoms with Crippen molar-refractivity contribution < 1.29 is 19.6 Å². The lowest BCUT2D eigenvalue weighted by Crippen LogP contribution is -2.49. The maximum Gasteiger partial charge on any atom is 0.244 e. The number of hydrogen-bond acceptors (Lipinski definition) is 4. The molecule has 1 aromatic heterocycles. The first-order valence-electron chi connectivity index (χ1n) is 8.50. The molecular formula is C18H24N4O4. The van der Waals surface area contributed by atoms with Crippen LogP contribution in [0.3, 0.4) is 0 Å². The molecule has 0 unspecified atom stereocenters. The lowest BCUT2D eigenvalue weighted by molar-refractivity contribution is -0.136. The number of rotatable bonds is 8. The Bertz CT molecular complexity index is 786. The summed E-state index contributed by atoms with van der Waals surface area (Å²) in [5, 5.41) is 14.9. The Morgan fingerprint density at radius 1 is 1.19 bits per heavy atom. The summed E-state index contributed by atoms with van der Waals surface area (Å²) in [7, 11) is 1.51. The van der Waals surface area contributed by atoms with Crippen LogP contribution in [0.1, 0.15) is 25.3 Å². The van der Waals surface area contributed by atoms with Crippen molar-refractivity contribution in [3.63, 3.8) is 0 Å². The van der Waals surface area contributed by atoms with E-state index in [4.69, 9.17) is 5.21 Å². The highest BCUT2D eigenvalue weighted by Gasteiger charge is 2.26. The number of carbonyl (C=O) groups excluding carboxylic acids is 3. The Balaban J connectivity index is 2.15. The first-order valence-corrected chi connectivity index (χ1v) is 8.50. The van der Waals surface area contributed by atoms with E-state index in [1.807, 2.05) is 30.5 Å². The second-order valence-electron chi connectivity index (χ2n) is 6.08. The molecule has 1 heterocycles. The number of likely N-dealkylation sites (N-methyl/N-ethyl adjacent to an activating group) is 1. The number of H-pyrrole nitrogens is 1. The molecule has 0 aliphatic heterocycles. The van der Waals surface area contributed by atoms with Gasteiger partial charge in [-0.25, -0.2) is 5.48 Å². The zero-order chi connectivity index (χ0) is 19.1. The Labute approximate surface area is 151 Å². The van der Waals surface area contributed by atoms with E-state index in [-0.39, 0.29) is 12.3 Å². The maximum atomic E-state index is 12.5. The van der Waals surface area contributed by atoms with Crippen molar-refractivity contribution >= 4 is 28.6 Å². The molecule has 140 valence electrons. The molecular weight excluding hydrogens is 336 g/mol. The number of para-hydroxylation sites is 1. The number of aromatic amines is 1. The molecule has 2 rings (SSSR count). The summed E-state index contributed by atoms with van der Waals surface area (Å²) in [4.78, 5) is 39.2. The molecule has 8 heteroatoms. The van der Waals surface area contributed by atoms with Crippen molar-refractivity contribution in [1.29, 1.82) is 0 Å². The zero-order valence-corrected chi connectivity index (χ0v) is 14.8. The van der Waals surface area contributed by atoms with Crippen LogP contribution in [0.2, 0.25) is 0 Å². The van der Waals surface area contributed by atoms with Crippen LogP contribution in [0.25, 0.3) is 10.9 Å². The zero-order valence-electron chi connectivity index (χ0n) is 14.8. The second-order valence-corrected chi connectivity index (χ2v) is 6.08. The fourth-order valence-corrected chi connectivity index (χ4v) is 2.89. The number of hydroxylamine groups is 1. The Hall–Kier alpha value is -2.87. The fraction of sp³-hybridized carbons (Fsp3) is 0.389. The molecule has 0 saturated carbocycles. The van der Waals surface area contributed by atoms with E-state index in [1.165, 1.54) is 12.5 Å². The standard InChI is InChI=1S/C18H24N4O4/c1-3-11(9-16(23)22-26)17(24)21-15(18(25)19-2)8-12-10-20-14-7-5-4-6-13(12)14/h4-7,10-11,15,20,26H,3,8-9H2,1-2H3,(H,19,25)(H,21,24)(H,22,23)/t11-,15+/m1/s1. The Morgan fingerprint density at radius 2 is 1.92 bits per heavy atom. The van der Waals surface area contributed by atoms with Crippen LogP contribution in [-0.4, -0.2) is 41.0 Å². The van der Waals surface area contributed by atoms with Crippen LogP contribution in [0.15, 0.2) is 30.5 Å². The molecule has 0 aliphatic carbocycles. The summed E-state index contributed by atoms with van der Waals surface area (Å²) in [5.41, 5.74) is 3.39. The molecule has 0 saturated heterocycles. The minimum atomic E-state index is -0.766. The summed E-state index contributed by atoms with van der Waals surface area (Å²) in [6.45, 7) is 1.77. The predicted molar refractivity (Wildman–Crippen MR) is 96.3 cm³/mol. The van der Waals surface area contributed by atoms with Gasteiger partial charge < -0.3 is 15.6 Å². The third-order valence-corrected chi connectivity index (χ3v) is 4.40. The molecule has 0 radical (unpaired) electrons. The quantitative estimate of drug-likeness (QED) is 0.354. The fourth-order valence-electron chi connectivity index (χ4n) is 2.89. The van der Waals surface area contributed by atoms with Gasteiger partial charge in [0.05, 0.1) is 0 Å². The number of carbonyl (C=O) groups is 3. The van der Waals surface area contributed by atoms with Gasteiger partial charge in [0.15, 0.2) is 0 Å².